The van der Waals surface area contributed by atoms with Gasteiger partial charge in [0.05, 0.1) is 6.61 Å². The van der Waals surface area contributed by atoms with Crippen molar-refractivity contribution < 1.29 is 9.53 Å². The summed E-state index contributed by atoms with van der Waals surface area (Å²) in [5, 5.41) is 2.89. The van der Waals surface area contributed by atoms with E-state index in [-0.39, 0.29) is 24.2 Å². The van der Waals surface area contributed by atoms with E-state index in [4.69, 9.17) is 10.5 Å². The van der Waals surface area contributed by atoms with Crippen molar-refractivity contribution in [2.45, 2.75) is 27.2 Å². The van der Waals surface area contributed by atoms with Crippen LogP contribution in [0, 0.1) is 11.8 Å². The molecule has 0 aliphatic carbocycles. The highest BCUT2D eigenvalue weighted by atomic mass is 35.5. The molecule has 0 fully saturated rings. The third-order valence-electron chi connectivity index (χ3n) is 3.02. The Bertz CT molecular complexity index is 407. The van der Waals surface area contributed by atoms with Gasteiger partial charge in [0.1, 0.15) is 5.75 Å². The van der Waals surface area contributed by atoms with Crippen LogP contribution in [0.1, 0.15) is 26.3 Å². The van der Waals surface area contributed by atoms with Gasteiger partial charge in [-0.15, -0.1) is 12.4 Å². The summed E-state index contributed by atoms with van der Waals surface area (Å²) >= 11 is 0. The van der Waals surface area contributed by atoms with Crippen LogP contribution in [0.2, 0.25) is 0 Å². The number of halogens is 1. The Morgan fingerprint density at radius 1 is 1.24 bits per heavy atom. The number of nitrogens with two attached hydrogens (primary N) is 1. The number of rotatable bonds is 8. The number of hydrogen-bond acceptors (Lipinski definition) is 3. The van der Waals surface area contributed by atoms with Gasteiger partial charge in [-0.3, -0.25) is 4.79 Å². The minimum Gasteiger partial charge on any atom is -0.493 e. The molecule has 0 saturated carbocycles. The zero-order valence-corrected chi connectivity index (χ0v) is 13.9. The fourth-order valence-electron chi connectivity index (χ4n) is 1.63. The Labute approximate surface area is 133 Å². The van der Waals surface area contributed by atoms with Crippen molar-refractivity contribution in [2.24, 2.45) is 17.6 Å². The molecule has 1 amide bonds. The van der Waals surface area contributed by atoms with E-state index < -0.39 is 0 Å². The molecule has 0 aliphatic rings. The molecule has 0 heterocycles. The largest absolute Gasteiger partial charge is 0.493 e. The van der Waals surface area contributed by atoms with Crippen molar-refractivity contribution in [3.05, 3.63) is 29.8 Å². The van der Waals surface area contributed by atoms with Crippen molar-refractivity contribution in [1.82, 2.24) is 5.32 Å². The Kier molecular flexibility index (Phi) is 9.84. The second-order valence-electron chi connectivity index (χ2n) is 5.53. The Hall–Kier alpha value is -1.26. The Morgan fingerprint density at radius 3 is 2.38 bits per heavy atom. The third-order valence-corrected chi connectivity index (χ3v) is 3.02. The average Bonchev–Trinajstić information content (AvgIpc) is 2.45. The van der Waals surface area contributed by atoms with Crippen LogP contribution in [0.5, 0.6) is 5.75 Å². The highest BCUT2D eigenvalue weighted by molar-refractivity contribution is 5.85. The van der Waals surface area contributed by atoms with Crippen LogP contribution in [-0.4, -0.2) is 25.6 Å². The SMILES string of the molecule is CC(C)COc1ccc(CCNC(=O)C(C)CN)cc1.Cl. The summed E-state index contributed by atoms with van der Waals surface area (Å²) in [6, 6.07) is 8.02. The lowest BCUT2D eigenvalue weighted by molar-refractivity contribution is -0.124. The summed E-state index contributed by atoms with van der Waals surface area (Å²) in [6.45, 7) is 7.82. The zero-order valence-electron chi connectivity index (χ0n) is 13.1. The quantitative estimate of drug-likeness (QED) is 0.774. The van der Waals surface area contributed by atoms with E-state index in [0.29, 0.717) is 19.0 Å². The van der Waals surface area contributed by atoms with E-state index in [1.54, 1.807) is 0 Å². The topological polar surface area (TPSA) is 64.3 Å². The number of ether oxygens (including phenoxy) is 1. The van der Waals surface area contributed by atoms with Crippen molar-refractivity contribution >= 4 is 18.3 Å². The van der Waals surface area contributed by atoms with Crippen LogP contribution in [0.3, 0.4) is 0 Å². The van der Waals surface area contributed by atoms with Gasteiger partial charge in [-0.2, -0.15) is 0 Å². The van der Waals surface area contributed by atoms with Gasteiger partial charge in [0.15, 0.2) is 0 Å². The molecule has 0 spiro atoms. The lowest BCUT2D eigenvalue weighted by atomic mass is 10.1. The lowest BCUT2D eigenvalue weighted by Crippen LogP contribution is -2.34. The average molecular weight is 315 g/mol. The van der Waals surface area contributed by atoms with Gasteiger partial charge < -0.3 is 15.8 Å². The first-order valence-corrected chi connectivity index (χ1v) is 7.22. The van der Waals surface area contributed by atoms with Crippen LogP contribution < -0.4 is 15.8 Å². The van der Waals surface area contributed by atoms with Crippen molar-refractivity contribution in [3.63, 3.8) is 0 Å². The summed E-state index contributed by atoms with van der Waals surface area (Å²) < 4.78 is 5.63. The first kappa shape index (κ1) is 19.7. The van der Waals surface area contributed by atoms with E-state index in [1.165, 1.54) is 5.56 Å². The van der Waals surface area contributed by atoms with Gasteiger partial charge in [-0.1, -0.05) is 32.9 Å². The predicted octanol–water partition coefficient (Wildman–Crippen LogP) is 2.40. The normalized spacial score (nSPS) is 11.7. The molecule has 1 rings (SSSR count). The molecule has 0 saturated heterocycles. The second-order valence-corrected chi connectivity index (χ2v) is 5.53. The first-order chi connectivity index (χ1) is 9.52. The molecule has 5 heteroatoms. The molecule has 0 aliphatic heterocycles. The number of hydrogen-bond donors (Lipinski definition) is 2. The van der Waals surface area contributed by atoms with Crippen LogP contribution in [-0.2, 0) is 11.2 Å². The number of carbonyl (C=O) groups excluding carboxylic acids is 1. The third kappa shape index (κ3) is 7.93. The van der Waals surface area contributed by atoms with Crippen LogP contribution >= 0.6 is 12.4 Å². The molecule has 1 unspecified atom stereocenters. The molecule has 3 N–H and O–H groups in total. The molecule has 0 radical (unpaired) electrons. The molecule has 1 atom stereocenters. The highest BCUT2D eigenvalue weighted by Gasteiger charge is 2.09. The van der Waals surface area contributed by atoms with Crippen LogP contribution in [0.15, 0.2) is 24.3 Å². The molecular formula is C16H27ClN2O2. The van der Waals surface area contributed by atoms with Gasteiger partial charge in [0, 0.05) is 19.0 Å². The smallest absolute Gasteiger partial charge is 0.224 e. The molecule has 4 nitrogen and oxygen atoms in total. The van der Waals surface area contributed by atoms with E-state index in [2.05, 4.69) is 19.2 Å². The van der Waals surface area contributed by atoms with Gasteiger partial charge in [-0.25, -0.2) is 0 Å². The Balaban J connectivity index is 0.00000400. The van der Waals surface area contributed by atoms with E-state index in [0.717, 1.165) is 18.8 Å². The van der Waals surface area contributed by atoms with Crippen LogP contribution in [0.4, 0.5) is 0 Å². The molecule has 0 bridgehead atoms. The van der Waals surface area contributed by atoms with Crippen molar-refractivity contribution in [3.8, 4) is 5.75 Å². The molecule has 0 aromatic heterocycles. The fraction of sp³-hybridized carbons (Fsp3) is 0.562. The standard InChI is InChI=1S/C16H26N2O2.ClH/c1-12(2)11-20-15-6-4-14(5-7-15)8-9-18-16(19)13(3)10-17;/h4-7,12-13H,8-11,17H2,1-3H3,(H,18,19);1H. The number of amides is 1. The molecule has 1 aromatic carbocycles. The predicted molar refractivity (Wildman–Crippen MR) is 89.0 cm³/mol. The van der Waals surface area contributed by atoms with E-state index >= 15 is 0 Å². The van der Waals surface area contributed by atoms with Gasteiger partial charge in [0.2, 0.25) is 5.91 Å². The molecule has 1 aromatic rings. The monoisotopic (exact) mass is 314 g/mol. The summed E-state index contributed by atoms with van der Waals surface area (Å²) in [7, 11) is 0. The van der Waals surface area contributed by atoms with Crippen LogP contribution in [0.25, 0.3) is 0 Å². The maximum absolute atomic E-state index is 11.6. The van der Waals surface area contributed by atoms with Crippen molar-refractivity contribution in [1.29, 1.82) is 0 Å². The number of carbonyl (C=O) groups is 1. The maximum Gasteiger partial charge on any atom is 0.224 e. The van der Waals surface area contributed by atoms with Gasteiger partial charge in [-0.05, 0) is 30.0 Å². The van der Waals surface area contributed by atoms with Crippen molar-refractivity contribution in [2.75, 3.05) is 19.7 Å². The summed E-state index contributed by atoms with van der Waals surface area (Å²) in [5.41, 5.74) is 6.63. The lowest BCUT2D eigenvalue weighted by Gasteiger charge is -2.11. The first-order valence-electron chi connectivity index (χ1n) is 7.22. The highest BCUT2D eigenvalue weighted by Crippen LogP contribution is 2.13. The van der Waals surface area contributed by atoms with Gasteiger partial charge in [0.25, 0.3) is 0 Å². The molecule has 21 heavy (non-hydrogen) atoms. The summed E-state index contributed by atoms with van der Waals surface area (Å²) in [4.78, 5) is 11.6. The minimum atomic E-state index is -0.123. The maximum atomic E-state index is 11.6. The summed E-state index contributed by atoms with van der Waals surface area (Å²) in [5.74, 6) is 1.31. The second kappa shape index (κ2) is 10.5. The minimum absolute atomic E-state index is 0. The zero-order chi connectivity index (χ0) is 15.0. The van der Waals surface area contributed by atoms with E-state index in [1.807, 2.05) is 31.2 Å². The fourth-order valence-corrected chi connectivity index (χ4v) is 1.63. The molecule has 120 valence electrons. The number of benzene rings is 1. The summed E-state index contributed by atoms with van der Waals surface area (Å²) in [6.07, 6.45) is 0.813. The Morgan fingerprint density at radius 2 is 1.86 bits per heavy atom. The number of nitrogens with one attached hydrogen (secondary N) is 1. The van der Waals surface area contributed by atoms with E-state index in [9.17, 15) is 4.79 Å². The van der Waals surface area contributed by atoms with Gasteiger partial charge >= 0.3 is 0 Å². The molecular weight excluding hydrogens is 288 g/mol.